The van der Waals surface area contributed by atoms with Crippen LogP contribution in [-0.4, -0.2) is 0 Å². The Morgan fingerprint density at radius 1 is 0.517 bits per heavy atom. The molecule has 0 radical (unpaired) electrons. The molecule has 0 bridgehead atoms. The fraction of sp³-hybridized carbons (Fsp3) is 0.143. The smallest absolute Gasteiger partial charge is 0.0720 e. The number of anilines is 1. The summed E-state index contributed by atoms with van der Waals surface area (Å²) in [6.45, 7) is 4.69. The first kappa shape index (κ1) is 16.6. The highest BCUT2D eigenvalue weighted by Crippen LogP contribution is 2.62. The van der Waals surface area contributed by atoms with Crippen LogP contribution < -0.4 is 5.73 Å². The van der Waals surface area contributed by atoms with Crippen molar-refractivity contribution < 1.29 is 0 Å². The number of nitrogen functional groups attached to an aromatic ring is 1. The third-order valence-corrected chi connectivity index (χ3v) is 7.08. The summed E-state index contributed by atoms with van der Waals surface area (Å²) in [5, 5.41) is 0. The first-order valence-corrected chi connectivity index (χ1v) is 10.3. The lowest BCUT2D eigenvalue weighted by molar-refractivity contribution is 0.563. The van der Waals surface area contributed by atoms with E-state index >= 15 is 0 Å². The van der Waals surface area contributed by atoms with Gasteiger partial charge in [0.15, 0.2) is 0 Å². The lowest BCUT2D eigenvalue weighted by Gasteiger charge is -2.46. The Labute approximate surface area is 171 Å². The molecule has 29 heavy (non-hydrogen) atoms. The Kier molecular flexibility index (Phi) is 3.09. The Hall–Kier alpha value is -3.32. The van der Waals surface area contributed by atoms with Gasteiger partial charge in [-0.2, -0.15) is 0 Å². The van der Waals surface area contributed by atoms with Gasteiger partial charge in [0.05, 0.1) is 5.41 Å². The summed E-state index contributed by atoms with van der Waals surface area (Å²) in [5.41, 5.74) is 17.6. The van der Waals surface area contributed by atoms with E-state index in [9.17, 15) is 0 Å². The Morgan fingerprint density at radius 3 is 1.62 bits per heavy atom. The molecule has 1 nitrogen and oxygen atoms in total. The van der Waals surface area contributed by atoms with E-state index < -0.39 is 0 Å². The standard InChI is InChI=1S/C28H23N/c1-27(2)22-11-5-7-13-24(22)28(25-14-8-6-12-23(25)27)21-10-4-3-9-19(21)20-16-15-18(29)17-26(20)28/h3-17H,29H2,1-2H3. The molecule has 4 aromatic rings. The highest BCUT2D eigenvalue weighted by Gasteiger charge is 2.53. The first-order valence-electron chi connectivity index (χ1n) is 10.3. The largest absolute Gasteiger partial charge is 0.399 e. The van der Waals surface area contributed by atoms with Crippen molar-refractivity contribution in [2.75, 3.05) is 5.73 Å². The number of hydrogen-bond acceptors (Lipinski definition) is 1. The third-order valence-electron chi connectivity index (χ3n) is 7.08. The van der Waals surface area contributed by atoms with E-state index in [2.05, 4.69) is 98.8 Å². The van der Waals surface area contributed by atoms with Gasteiger partial charge in [0.1, 0.15) is 0 Å². The van der Waals surface area contributed by atoms with E-state index in [1.807, 2.05) is 6.07 Å². The molecule has 0 atom stereocenters. The lowest BCUT2D eigenvalue weighted by atomic mass is 9.55. The molecular formula is C28H23N. The summed E-state index contributed by atoms with van der Waals surface area (Å²) in [6.07, 6.45) is 0. The summed E-state index contributed by atoms with van der Waals surface area (Å²) >= 11 is 0. The van der Waals surface area contributed by atoms with Crippen molar-refractivity contribution in [1.29, 1.82) is 0 Å². The molecule has 1 spiro atoms. The van der Waals surface area contributed by atoms with Crippen LogP contribution in [0.2, 0.25) is 0 Å². The van der Waals surface area contributed by atoms with Crippen molar-refractivity contribution in [2.45, 2.75) is 24.7 Å². The molecule has 4 aromatic carbocycles. The fourth-order valence-corrected chi connectivity index (χ4v) is 5.88. The average molecular weight is 373 g/mol. The topological polar surface area (TPSA) is 26.0 Å². The van der Waals surface area contributed by atoms with Crippen LogP contribution in [0.1, 0.15) is 47.2 Å². The normalized spacial score (nSPS) is 16.6. The lowest BCUT2D eigenvalue weighted by Crippen LogP contribution is -2.40. The highest BCUT2D eigenvalue weighted by molar-refractivity contribution is 5.89. The molecule has 0 saturated heterocycles. The van der Waals surface area contributed by atoms with E-state index in [1.54, 1.807) is 0 Å². The quantitative estimate of drug-likeness (QED) is 0.318. The molecule has 1 heteroatoms. The molecule has 0 aromatic heterocycles. The second-order valence-corrected chi connectivity index (χ2v) is 8.82. The van der Waals surface area contributed by atoms with Gasteiger partial charge in [0.25, 0.3) is 0 Å². The minimum absolute atomic E-state index is 0.0591. The molecule has 0 unspecified atom stereocenters. The average Bonchev–Trinajstić information content (AvgIpc) is 3.03. The van der Waals surface area contributed by atoms with Gasteiger partial charge in [0, 0.05) is 11.1 Å². The van der Waals surface area contributed by atoms with Gasteiger partial charge >= 0.3 is 0 Å². The van der Waals surface area contributed by atoms with Crippen molar-refractivity contribution >= 4 is 5.69 Å². The first-order chi connectivity index (χ1) is 14.1. The number of benzene rings is 4. The summed E-state index contributed by atoms with van der Waals surface area (Å²) in [6, 6.07) is 33.2. The molecule has 0 amide bonds. The molecule has 0 aliphatic heterocycles. The molecule has 2 N–H and O–H groups in total. The van der Waals surface area contributed by atoms with Gasteiger partial charge in [-0.05, 0) is 56.6 Å². The third kappa shape index (κ3) is 1.86. The minimum atomic E-state index is -0.329. The predicted octanol–water partition coefficient (Wildman–Crippen LogP) is 6.27. The minimum Gasteiger partial charge on any atom is -0.399 e. The monoisotopic (exact) mass is 373 g/mol. The van der Waals surface area contributed by atoms with Gasteiger partial charge in [-0.15, -0.1) is 0 Å². The maximum Gasteiger partial charge on any atom is 0.0720 e. The Morgan fingerprint density at radius 2 is 1.00 bits per heavy atom. The van der Waals surface area contributed by atoms with Crippen molar-refractivity contribution in [2.24, 2.45) is 0 Å². The fourth-order valence-electron chi connectivity index (χ4n) is 5.88. The van der Waals surface area contributed by atoms with Crippen molar-refractivity contribution in [3.63, 3.8) is 0 Å². The summed E-state index contributed by atoms with van der Waals surface area (Å²) in [7, 11) is 0. The SMILES string of the molecule is CC1(C)c2ccccc2C2(c3ccccc3-c3ccc(N)cc32)c2ccccc21. The zero-order valence-electron chi connectivity index (χ0n) is 16.7. The number of rotatable bonds is 0. The molecule has 2 aliphatic carbocycles. The number of nitrogens with two attached hydrogens (primary N) is 1. The van der Waals surface area contributed by atoms with Crippen molar-refractivity contribution in [1.82, 2.24) is 0 Å². The predicted molar refractivity (Wildman–Crippen MR) is 120 cm³/mol. The molecule has 0 saturated carbocycles. The second-order valence-electron chi connectivity index (χ2n) is 8.82. The zero-order valence-corrected chi connectivity index (χ0v) is 16.7. The van der Waals surface area contributed by atoms with E-state index in [4.69, 9.17) is 5.73 Å². The second kappa shape index (κ2) is 5.39. The van der Waals surface area contributed by atoms with Crippen LogP contribution >= 0.6 is 0 Å². The van der Waals surface area contributed by atoms with E-state index in [-0.39, 0.29) is 10.8 Å². The van der Waals surface area contributed by atoms with Crippen molar-refractivity contribution in [3.05, 3.63) is 124 Å². The van der Waals surface area contributed by atoms with Crippen LogP contribution in [0, 0.1) is 0 Å². The summed E-state index contributed by atoms with van der Waals surface area (Å²) < 4.78 is 0. The zero-order chi connectivity index (χ0) is 19.8. The maximum absolute atomic E-state index is 6.35. The molecule has 140 valence electrons. The molecule has 6 rings (SSSR count). The molecule has 0 fully saturated rings. The highest BCUT2D eigenvalue weighted by atomic mass is 14.6. The summed E-state index contributed by atoms with van der Waals surface area (Å²) in [5.74, 6) is 0. The molecule has 2 aliphatic rings. The van der Waals surface area contributed by atoms with Crippen LogP contribution in [0.25, 0.3) is 11.1 Å². The van der Waals surface area contributed by atoms with Gasteiger partial charge in [-0.1, -0.05) is 92.7 Å². The Bertz CT molecular complexity index is 1250. The van der Waals surface area contributed by atoms with Crippen LogP contribution in [0.4, 0.5) is 5.69 Å². The Balaban J connectivity index is 1.89. The number of fused-ring (bicyclic) bond motifs is 9. The van der Waals surface area contributed by atoms with Crippen LogP contribution in [0.5, 0.6) is 0 Å². The summed E-state index contributed by atoms with van der Waals surface area (Å²) in [4.78, 5) is 0. The van der Waals surface area contributed by atoms with E-state index in [1.165, 1.54) is 44.5 Å². The molecule has 0 heterocycles. The van der Waals surface area contributed by atoms with Gasteiger partial charge < -0.3 is 5.73 Å². The molecular weight excluding hydrogens is 350 g/mol. The van der Waals surface area contributed by atoms with E-state index in [0.29, 0.717) is 0 Å². The van der Waals surface area contributed by atoms with Gasteiger partial charge in [-0.25, -0.2) is 0 Å². The van der Waals surface area contributed by atoms with Crippen LogP contribution in [0.3, 0.4) is 0 Å². The van der Waals surface area contributed by atoms with Crippen LogP contribution in [0.15, 0.2) is 91.0 Å². The van der Waals surface area contributed by atoms with Crippen molar-refractivity contribution in [3.8, 4) is 11.1 Å². The van der Waals surface area contributed by atoms with E-state index in [0.717, 1.165) is 5.69 Å². The van der Waals surface area contributed by atoms with Crippen LogP contribution in [-0.2, 0) is 10.8 Å². The van der Waals surface area contributed by atoms with Gasteiger partial charge in [0.2, 0.25) is 0 Å². The number of hydrogen-bond donors (Lipinski definition) is 1. The van der Waals surface area contributed by atoms with Gasteiger partial charge in [-0.3, -0.25) is 0 Å². The maximum atomic E-state index is 6.35.